The van der Waals surface area contributed by atoms with Gasteiger partial charge in [-0.3, -0.25) is 4.98 Å². The average Bonchev–Trinajstić information content (AvgIpc) is 3.86. The van der Waals surface area contributed by atoms with Gasteiger partial charge in [-0.15, -0.1) is 11.3 Å². The molecule has 0 spiro atoms. The Balaban J connectivity index is 1.04. The summed E-state index contributed by atoms with van der Waals surface area (Å²) in [6.45, 7) is 0. The van der Waals surface area contributed by atoms with E-state index < -0.39 is 0 Å². The van der Waals surface area contributed by atoms with Crippen LogP contribution >= 0.6 is 11.3 Å². The summed E-state index contributed by atoms with van der Waals surface area (Å²) < 4.78 is 9.32. The number of fused-ring (bicyclic) bond motifs is 6. The molecule has 0 radical (unpaired) electrons. The third-order valence-corrected chi connectivity index (χ3v) is 11.7. The van der Waals surface area contributed by atoms with Gasteiger partial charge in [-0.05, 0) is 65.2 Å². The third-order valence-electron chi connectivity index (χ3n) is 10.6. The Morgan fingerprint density at radius 1 is 0.393 bits per heavy atom. The number of aromatic nitrogens is 3. The van der Waals surface area contributed by atoms with E-state index in [1.54, 1.807) is 0 Å². The van der Waals surface area contributed by atoms with Crippen molar-refractivity contribution >= 4 is 53.4 Å². The average molecular weight is 734 g/mol. The predicted octanol–water partition coefficient (Wildman–Crippen LogP) is 14.1. The molecule has 4 nitrogen and oxygen atoms in total. The summed E-state index contributed by atoms with van der Waals surface area (Å²) in [6, 6.07) is 63.5. The maximum absolute atomic E-state index is 6.74. The molecule has 4 heterocycles. The van der Waals surface area contributed by atoms with E-state index in [1.807, 2.05) is 60.0 Å². The predicted molar refractivity (Wildman–Crippen MR) is 233 cm³/mol. The first-order valence-corrected chi connectivity index (χ1v) is 19.5. The molecular weight excluding hydrogens is 703 g/mol. The normalized spacial score (nSPS) is 11.6. The van der Waals surface area contributed by atoms with Crippen molar-refractivity contribution in [1.29, 1.82) is 0 Å². The Bertz CT molecular complexity index is 3240. The van der Waals surface area contributed by atoms with Crippen LogP contribution in [0.25, 0.3) is 110 Å². The lowest BCUT2D eigenvalue weighted by molar-refractivity contribution is 0.670. The highest BCUT2D eigenvalue weighted by Gasteiger charge is 2.20. The van der Waals surface area contributed by atoms with Crippen LogP contribution in [-0.4, -0.2) is 15.0 Å². The highest BCUT2D eigenvalue weighted by Crippen LogP contribution is 2.46. The summed E-state index contributed by atoms with van der Waals surface area (Å²) in [6.07, 6.45) is 1.82. The molecule has 11 rings (SSSR count). The zero-order valence-electron chi connectivity index (χ0n) is 30.1. The maximum Gasteiger partial charge on any atom is 0.160 e. The van der Waals surface area contributed by atoms with Gasteiger partial charge in [0.25, 0.3) is 0 Å². The fourth-order valence-corrected chi connectivity index (χ4v) is 9.06. The van der Waals surface area contributed by atoms with Crippen LogP contribution in [0.3, 0.4) is 0 Å². The van der Waals surface area contributed by atoms with Crippen molar-refractivity contribution in [1.82, 2.24) is 15.0 Å². The Morgan fingerprint density at radius 3 is 1.88 bits per heavy atom. The molecular formula is C51H31N3OS. The molecule has 7 aromatic carbocycles. The Kier molecular flexibility index (Phi) is 7.64. The second kappa shape index (κ2) is 13.3. The lowest BCUT2D eigenvalue weighted by Crippen LogP contribution is -1.96. The van der Waals surface area contributed by atoms with Gasteiger partial charge in [0, 0.05) is 65.0 Å². The van der Waals surface area contributed by atoms with Gasteiger partial charge < -0.3 is 4.42 Å². The lowest BCUT2D eigenvalue weighted by atomic mass is 9.92. The first-order chi connectivity index (χ1) is 27.7. The molecule has 0 aliphatic carbocycles. The highest BCUT2D eigenvalue weighted by molar-refractivity contribution is 7.25. The molecule has 56 heavy (non-hydrogen) atoms. The zero-order valence-corrected chi connectivity index (χ0v) is 30.9. The number of benzene rings is 7. The minimum atomic E-state index is 0.663. The molecule has 0 unspecified atom stereocenters. The van der Waals surface area contributed by atoms with Gasteiger partial charge in [0.2, 0.25) is 0 Å². The summed E-state index contributed by atoms with van der Waals surface area (Å²) in [5, 5.41) is 4.81. The third kappa shape index (κ3) is 5.48. The molecule has 11 aromatic rings. The quantitative estimate of drug-likeness (QED) is 0.171. The van der Waals surface area contributed by atoms with Crippen molar-refractivity contribution in [2.45, 2.75) is 0 Å². The fourth-order valence-electron chi connectivity index (χ4n) is 7.93. The van der Waals surface area contributed by atoms with E-state index in [1.165, 1.54) is 31.3 Å². The van der Waals surface area contributed by atoms with E-state index in [4.69, 9.17) is 14.4 Å². The Hall–Kier alpha value is -7.21. The van der Waals surface area contributed by atoms with Gasteiger partial charge in [-0.2, -0.15) is 0 Å². The van der Waals surface area contributed by atoms with Gasteiger partial charge in [-0.1, -0.05) is 133 Å². The molecule has 262 valence electrons. The molecule has 0 saturated heterocycles. The van der Waals surface area contributed by atoms with Crippen LogP contribution in [-0.2, 0) is 0 Å². The smallest absolute Gasteiger partial charge is 0.160 e. The molecule has 0 aliphatic heterocycles. The fraction of sp³-hybridized carbons (Fsp3) is 0. The maximum atomic E-state index is 6.74. The summed E-state index contributed by atoms with van der Waals surface area (Å²) in [5.74, 6) is 0.663. The largest absolute Gasteiger partial charge is 0.455 e. The highest BCUT2D eigenvalue weighted by atomic mass is 32.1. The SMILES string of the molecule is c1ccc(-c2cc(-c3cccc(-c4ccccn4)c3)nc(-c3ccc(-c4ccc(-c5cccc6sc7ccccc7c56)c5c4oc4ccccc45)cc3)n2)cc1. The first kappa shape index (κ1) is 32.2. The van der Waals surface area contributed by atoms with E-state index in [0.29, 0.717) is 5.82 Å². The number of hydrogen-bond acceptors (Lipinski definition) is 5. The molecule has 0 saturated carbocycles. The summed E-state index contributed by atoms with van der Waals surface area (Å²) in [4.78, 5) is 14.8. The van der Waals surface area contributed by atoms with Crippen molar-refractivity contribution < 1.29 is 4.42 Å². The summed E-state index contributed by atoms with van der Waals surface area (Å²) >= 11 is 1.84. The molecule has 0 N–H and O–H groups in total. The van der Waals surface area contributed by atoms with E-state index in [2.05, 4.69) is 145 Å². The first-order valence-electron chi connectivity index (χ1n) is 18.7. The van der Waals surface area contributed by atoms with E-state index in [0.717, 1.165) is 72.4 Å². The van der Waals surface area contributed by atoms with Crippen molar-refractivity contribution in [3.63, 3.8) is 0 Å². The number of pyridine rings is 1. The van der Waals surface area contributed by atoms with Crippen LogP contribution in [0.5, 0.6) is 0 Å². The molecule has 0 bridgehead atoms. The Morgan fingerprint density at radius 2 is 1.04 bits per heavy atom. The second-order valence-electron chi connectivity index (χ2n) is 13.9. The van der Waals surface area contributed by atoms with Crippen molar-refractivity contribution in [3.05, 3.63) is 188 Å². The van der Waals surface area contributed by atoms with Gasteiger partial charge in [0.05, 0.1) is 17.1 Å². The van der Waals surface area contributed by atoms with Crippen molar-refractivity contribution in [2.24, 2.45) is 0 Å². The van der Waals surface area contributed by atoms with Gasteiger partial charge in [0.1, 0.15) is 11.2 Å². The van der Waals surface area contributed by atoms with E-state index in [-0.39, 0.29) is 0 Å². The zero-order chi connectivity index (χ0) is 37.0. The monoisotopic (exact) mass is 733 g/mol. The Labute approximate surface area is 327 Å². The standard InChI is InChI=1S/C51H31N3OS/c1-2-12-33(13-3-1)43-31-44(36-15-10-14-35(30-36)42-19-8-9-29-52-42)54-51(53-43)34-25-23-32(24-26-34)37-27-28-39(49-40-16-4-6-20-45(40)55-50(37)49)38-18-11-22-47-48(38)41-17-5-7-21-46(41)56-47/h1-31H. The van der Waals surface area contributed by atoms with Crippen LogP contribution in [0, 0.1) is 0 Å². The number of furan rings is 1. The van der Waals surface area contributed by atoms with Gasteiger partial charge in [0.15, 0.2) is 5.82 Å². The van der Waals surface area contributed by atoms with E-state index >= 15 is 0 Å². The van der Waals surface area contributed by atoms with Crippen LogP contribution in [0.15, 0.2) is 193 Å². The van der Waals surface area contributed by atoms with E-state index in [9.17, 15) is 0 Å². The minimum Gasteiger partial charge on any atom is -0.455 e. The number of nitrogens with zero attached hydrogens (tertiary/aromatic N) is 3. The molecule has 0 atom stereocenters. The molecule has 0 aliphatic rings. The number of hydrogen-bond donors (Lipinski definition) is 0. The molecule has 0 fully saturated rings. The number of thiophene rings is 1. The minimum absolute atomic E-state index is 0.663. The van der Waals surface area contributed by atoms with Crippen molar-refractivity contribution in [3.8, 4) is 67.4 Å². The summed E-state index contributed by atoms with van der Waals surface area (Å²) in [5.41, 5.74) is 12.9. The lowest BCUT2D eigenvalue weighted by Gasteiger charge is -2.12. The van der Waals surface area contributed by atoms with Crippen molar-refractivity contribution in [2.75, 3.05) is 0 Å². The van der Waals surface area contributed by atoms with Crippen LogP contribution < -0.4 is 0 Å². The van der Waals surface area contributed by atoms with Crippen LogP contribution in [0.1, 0.15) is 0 Å². The molecule has 0 amide bonds. The van der Waals surface area contributed by atoms with Crippen LogP contribution in [0.2, 0.25) is 0 Å². The molecule has 4 aromatic heterocycles. The topological polar surface area (TPSA) is 51.8 Å². The number of para-hydroxylation sites is 1. The second-order valence-corrected chi connectivity index (χ2v) is 15.0. The van der Waals surface area contributed by atoms with Crippen LogP contribution in [0.4, 0.5) is 0 Å². The van der Waals surface area contributed by atoms with Gasteiger partial charge in [-0.25, -0.2) is 9.97 Å². The summed E-state index contributed by atoms with van der Waals surface area (Å²) in [7, 11) is 0. The number of rotatable bonds is 6. The van der Waals surface area contributed by atoms with Gasteiger partial charge >= 0.3 is 0 Å². The molecule has 5 heteroatoms.